The van der Waals surface area contributed by atoms with Crippen LogP contribution in [0.2, 0.25) is 0 Å². The number of thiophene rings is 1. The number of likely N-dealkylation sites (tertiary alicyclic amines) is 1. The van der Waals surface area contributed by atoms with Crippen molar-refractivity contribution in [2.24, 2.45) is 5.92 Å². The maximum Gasteiger partial charge on any atom is 0.314 e. The number of hydrogen-bond acceptors (Lipinski definition) is 3. The molecule has 1 aromatic heterocycles. The number of rotatable bonds is 5. The van der Waals surface area contributed by atoms with Crippen LogP contribution in [0.25, 0.3) is 0 Å². The number of piperidine rings is 1. The summed E-state index contributed by atoms with van der Waals surface area (Å²) in [6.45, 7) is 6.76. The molecule has 106 valence electrons. The van der Waals surface area contributed by atoms with Crippen molar-refractivity contribution in [2.75, 3.05) is 26.2 Å². The topological polar surface area (TPSA) is 44.4 Å². The van der Waals surface area contributed by atoms with E-state index in [0.717, 1.165) is 26.2 Å². The Kier molecular flexibility index (Phi) is 5.66. The lowest BCUT2D eigenvalue weighted by Gasteiger charge is -2.31. The number of carbonyl (C=O) groups is 1. The van der Waals surface area contributed by atoms with E-state index in [1.807, 2.05) is 6.92 Å². The highest BCUT2D eigenvalue weighted by atomic mass is 32.1. The van der Waals surface area contributed by atoms with Crippen molar-refractivity contribution in [1.82, 2.24) is 15.5 Å². The van der Waals surface area contributed by atoms with Crippen LogP contribution in [0.15, 0.2) is 16.8 Å². The fourth-order valence-electron chi connectivity index (χ4n) is 2.45. The zero-order valence-corrected chi connectivity index (χ0v) is 12.3. The molecule has 0 saturated carbocycles. The summed E-state index contributed by atoms with van der Waals surface area (Å²) in [4.78, 5) is 13.8. The van der Waals surface area contributed by atoms with Crippen LogP contribution in [0.4, 0.5) is 4.79 Å². The van der Waals surface area contributed by atoms with Gasteiger partial charge in [-0.2, -0.15) is 11.3 Å². The second kappa shape index (κ2) is 7.50. The SMILES string of the molecule is CCNC(=O)NCC1CCN(Cc2ccsc2)CC1. The van der Waals surface area contributed by atoms with Crippen LogP contribution in [-0.4, -0.2) is 37.1 Å². The average molecular weight is 281 g/mol. The zero-order valence-electron chi connectivity index (χ0n) is 11.5. The predicted molar refractivity (Wildman–Crippen MR) is 79.4 cm³/mol. The lowest BCUT2D eigenvalue weighted by molar-refractivity contribution is 0.175. The third kappa shape index (κ3) is 4.84. The number of nitrogens with zero attached hydrogens (tertiary/aromatic N) is 1. The van der Waals surface area contributed by atoms with Crippen molar-refractivity contribution >= 4 is 17.4 Å². The first-order chi connectivity index (χ1) is 9.28. The minimum absolute atomic E-state index is 0.0387. The van der Waals surface area contributed by atoms with Gasteiger partial charge in [0.05, 0.1) is 0 Å². The molecule has 2 N–H and O–H groups in total. The molecule has 0 spiro atoms. The number of hydrogen-bond donors (Lipinski definition) is 2. The van der Waals surface area contributed by atoms with Crippen molar-refractivity contribution < 1.29 is 4.79 Å². The summed E-state index contributed by atoms with van der Waals surface area (Å²) >= 11 is 1.76. The summed E-state index contributed by atoms with van der Waals surface area (Å²) in [5, 5.41) is 10.1. The predicted octanol–water partition coefficient (Wildman–Crippen LogP) is 2.28. The van der Waals surface area contributed by atoms with E-state index in [0.29, 0.717) is 12.5 Å². The minimum atomic E-state index is -0.0387. The lowest BCUT2D eigenvalue weighted by Crippen LogP contribution is -2.41. The van der Waals surface area contributed by atoms with Crippen molar-refractivity contribution in [3.05, 3.63) is 22.4 Å². The van der Waals surface area contributed by atoms with Crippen LogP contribution in [0.1, 0.15) is 25.3 Å². The lowest BCUT2D eigenvalue weighted by atomic mass is 9.96. The summed E-state index contributed by atoms with van der Waals surface area (Å²) in [7, 11) is 0. The Morgan fingerprint density at radius 2 is 2.21 bits per heavy atom. The highest BCUT2D eigenvalue weighted by Gasteiger charge is 2.19. The van der Waals surface area contributed by atoms with E-state index in [-0.39, 0.29) is 6.03 Å². The molecular weight excluding hydrogens is 258 g/mol. The molecule has 4 nitrogen and oxygen atoms in total. The van der Waals surface area contributed by atoms with E-state index in [1.165, 1.54) is 18.4 Å². The van der Waals surface area contributed by atoms with Gasteiger partial charge in [0.2, 0.25) is 0 Å². The van der Waals surface area contributed by atoms with E-state index in [1.54, 1.807) is 11.3 Å². The molecule has 0 bridgehead atoms. The molecule has 0 aromatic carbocycles. The first-order valence-electron chi connectivity index (χ1n) is 7.03. The van der Waals surface area contributed by atoms with Gasteiger partial charge in [-0.25, -0.2) is 4.79 Å². The van der Waals surface area contributed by atoms with E-state index in [4.69, 9.17) is 0 Å². The van der Waals surface area contributed by atoms with Crippen LogP contribution >= 0.6 is 11.3 Å². The molecule has 5 heteroatoms. The summed E-state index contributed by atoms with van der Waals surface area (Å²) in [6.07, 6.45) is 2.35. The van der Waals surface area contributed by atoms with Crippen molar-refractivity contribution in [1.29, 1.82) is 0 Å². The van der Waals surface area contributed by atoms with Gasteiger partial charge < -0.3 is 10.6 Å². The highest BCUT2D eigenvalue weighted by Crippen LogP contribution is 2.19. The quantitative estimate of drug-likeness (QED) is 0.869. The Morgan fingerprint density at radius 3 is 2.84 bits per heavy atom. The number of nitrogens with one attached hydrogen (secondary N) is 2. The minimum Gasteiger partial charge on any atom is -0.338 e. The van der Waals surface area contributed by atoms with Crippen molar-refractivity contribution in [2.45, 2.75) is 26.3 Å². The van der Waals surface area contributed by atoms with E-state index >= 15 is 0 Å². The van der Waals surface area contributed by atoms with Gasteiger partial charge in [0.15, 0.2) is 0 Å². The zero-order chi connectivity index (χ0) is 13.5. The van der Waals surface area contributed by atoms with Crippen LogP contribution < -0.4 is 10.6 Å². The fraction of sp³-hybridized carbons (Fsp3) is 0.643. The van der Waals surface area contributed by atoms with Crippen molar-refractivity contribution in [3.63, 3.8) is 0 Å². The molecule has 1 saturated heterocycles. The number of amides is 2. The second-order valence-electron chi connectivity index (χ2n) is 5.09. The fourth-order valence-corrected chi connectivity index (χ4v) is 3.11. The largest absolute Gasteiger partial charge is 0.338 e. The molecular formula is C14H23N3OS. The third-order valence-corrected chi connectivity index (χ3v) is 4.31. The van der Waals surface area contributed by atoms with E-state index in [9.17, 15) is 4.79 Å². The molecule has 1 aliphatic rings. The molecule has 0 atom stereocenters. The molecule has 2 rings (SSSR count). The first-order valence-corrected chi connectivity index (χ1v) is 7.97. The standard InChI is InChI=1S/C14H23N3OS/c1-2-15-14(18)16-9-12-3-6-17(7-4-12)10-13-5-8-19-11-13/h5,8,11-12H,2-4,6-7,9-10H2,1H3,(H2,15,16,18). The van der Waals surface area contributed by atoms with Crippen LogP contribution in [-0.2, 0) is 6.54 Å². The van der Waals surface area contributed by atoms with Gasteiger partial charge in [-0.15, -0.1) is 0 Å². The molecule has 0 radical (unpaired) electrons. The Labute approximate surface area is 119 Å². The highest BCUT2D eigenvalue weighted by molar-refractivity contribution is 7.07. The average Bonchev–Trinajstić information content (AvgIpc) is 2.91. The maximum atomic E-state index is 11.3. The summed E-state index contributed by atoms with van der Waals surface area (Å²) in [5.41, 5.74) is 1.42. The molecule has 2 heterocycles. The number of urea groups is 1. The molecule has 19 heavy (non-hydrogen) atoms. The van der Waals surface area contributed by atoms with Crippen LogP contribution in [0.3, 0.4) is 0 Å². The van der Waals surface area contributed by atoms with Crippen LogP contribution in [0.5, 0.6) is 0 Å². The summed E-state index contributed by atoms with van der Waals surface area (Å²) in [6, 6.07) is 2.16. The molecule has 1 fully saturated rings. The Balaban J connectivity index is 1.63. The van der Waals surface area contributed by atoms with Crippen LogP contribution in [0, 0.1) is 5.92 Å². The molecule has 0 unspecified atom stereocenters. The van der Waals surface area contributed by atoms with Gasteiger partial charge in [0, 0.05) is 19.6 Å². The maximum absolute atomic E-state index is 11.3. The Hall–Kier alpha value is -1.07. The first kappa shape index (κ1) is 14.3. The van der Waals surface area contributed by atoms with Gasteiger partial charge in [0.25, 0.3) is 0 Å². The van der Waals surface area contributed by atoms with Gasteiger partial charge in [-0.05, 0) is 61.2 Å². The van der Waals surface area contributed by atoms with Gasteiger partial charge >= 0.3 is 6.03 Å². The molecule has 2 amide bonds. The number of carbonyl (C=O) groups excluding carboxylic acids is 1. The second-order valence-corrected chi connectivity index (χ2v) is 5.87. The normalized spacial score (nSPS) is 17.3. The van der Waals surface area contributed by atoms with Gasteiger partial charge in [-0.1, -0.05) is 0 Å². The Bertz CT molecular complexity index is 372. The molecule has 1 aliphatic heterocycles. The smallest absolute Gasteiger partial charge is 0.314 e. The monoisotopic (exact) mass is 281 g/mol. The summed E-state index contributed by atoms with van der Waals surface area (Å²) < 4.78 is 0. The van der Waals surface area contributed by atoms with E-state index in [2.05, 4.69) is 32.4 Å². The van der Waals surface area contributed by atoms with E-state index < -0.39 is 0 Å². The van der Waals surface area contributed by atoms with Gasteiger partial charge in [-0.3, -0.25) is 4.90 Å². The van der Waals surface area contributed by atoms with Crippen molar-refractivity contribution in [3.8, 4) is 0 Å². The molecule has 0 aliphatic carbocycles. The summed E-state index contributed by atoms with van der Waals surface area (Å²) in [5.74, 6) is 0.626. The van der Waals surface area contributed by atoms with Gasteiger partial charge in [0.1, 0.15) is 0 Å². The molecule has 1 aromatic rings. The Morgan fingerprint density at radius 1 is 1.42 bits per heavy atom. The third-order valence-electron chi connectivity index (χ3n) is 3.58.